The van der Waals surface area contributed by atoms with Crippen molar-refractivity contribution >= 4 is 0 Å². The highest BCUT2D eigenvalue weighted by Crippen LogP contribution is 2.26. The van der Waals surface area contributed by atoms with Crippen LogP contribution in [-0.2, 0) is 6.54 Å². The van der Waals surface area contributed by atoms with Gasteiger partial charge in [0.25, 0.3) is 0 Å². The van der Waals surface area contributed by atoms with Gasteiger partial charge in [0.15, 0.2) is 11.6 Å². The van der Waals surface area contributed by atoms with E-state index >= 15 is 0 Å². The van der Waals surface area contributed by atoms with E-state index in [1.807, 2.05) is 17.0 Å². The maximum Gasteiger partial charge on any atom is 0.165 e. The summed E-state index contributed by atoms with van der Waals surface area (Å²) in [6.07, 6.45) is -0.689. The second kappa shape index (κ2) is 7.97. The van der Waals surface area contributed by atoms with Crippen molar-refractivity contribution in [3.8, 4) is 17.6 Å². The predicted molar refractivity (Wildman–Crippen MR) is 89.8 cm³/mol. The van der Waals surface area contributed by atoms with Gasteiger partial charge in [0, 0.05) is 25.2 Å². The molecule has 1 atom stereocenters. The number of fused-ring (bicyclic) bond motifs is 1. The Balaban J connectivity index is 1.53. The molecule has 1 N–H and O–H groups in total. The number of rotatable bonds is 5. The smallest absolute Gasteiger partial charge is 0.165 e. The highest BCUT2D eigenvalue weighted by Gasteiger charge is 2.20. The number of nitrogens with zero attached hydrogens (tertiary/aromatic N) is 2. The molecule has 2 aromatic carbocycles. The number of ether oxygens (including phenoxy) is 2. The fraction of sp³-hybridized carbons (Fsp3) is 0.316. The van der Waals surface area contributed by atoms with Crippen LogP contribution < -0.4 is 9.47 Å². The SMILES string of the molecule is N#Cc1ccc(OCC(O)CN2CCOc3c(F)cccc3C2)cc1. The van der Waals surface area contributed by atoms with Crippen LogP contribution in [0, 0.1) is 17.1 Å². The number of aliphatic hydroxyl groups excluding tert-OH is 1. The minimum Gasteiger partial charge on any atom is -0.491 e. The van der Waals surface area contributed by atoms with Gasteiger partial charge in [-0.1, -0.05) is 12.1 Å². The highest BCUT2D eigenvalue weighted by molar-refractivity contribution is 5.36. The lowest BCUT2D eigenvalue weighted by Gasteiger charge is -2.22. The fourth-order valence-corrected chi connectivity index (χ4v) is 2.76. The Bertz CT molecular complexity index is 758. The quantitative estimate of drug-likeness (QED) is 0.903. The normalized spacial score (nSPS) is 15.4. The first-order valence-corrected chi connectivity index (χ1v) is 8.09. The fourth-order valence-electron chi connectivity index (χ4n) is 2.76. The van der Waals surface area contributed by atoms with Gasteiger partial charge in [-0.2, -0.15) is 5.26 Å². The van der Waals surface area contributed by atoms with Gasteiger partial charge in [-0.25, -0.2) is 4.39 Å². The van der Waals surface area contributed by atoms with E-state index in [2.05, 4.69) is 0 Å². The number of nitriles is 1. The van der Waals surface area contributed by atoms with Crippen LogP contribution >= 0.6 is 0 Å². The Labute approximate surface area is 145 Å². The Morgan fingerprint density at radius 1 is 1.28 bits per heavy atom. The molecule has 0 aliphatic carbocycles. The van der Waals surface area contributed by atoms with E-state index in [1.165, 1.54) is 6.07 Å². The number of halogens is 1. The minimum absolute atomic E-state index is 0.138. The molecule has 1 heterocycles. The second-order valence-corrected chi connectivity index (χ2v) is 5.91. The number of hydrogen-bond donors (Lipinski definition) is 1. The van der Waals surface area contributed by atoms with Crippen molar-refractivity contribution in [3.63, 3.8) is 0 Å². The van der Waals surface area contributed by atoms with Gasteiger partial charge in [0.1, 0.15) is 25.1 Å². The van der Waals surface area contributed by atoms with Gasteiger partial charge >= 0.3 is 0 Å². The van der Waals surface area contributed by atoms with E-state index in [4.69, 9.17) is 14.7 Å². The molecule has 0 amide bonds. The molecule has 0 saturated carbocycles. The molecule has 3 rings (SSSR count). The summed E-state index contributed by atoms with van der Waals surface area (Å²) in [4.78, 5) is 2.01. The van der Waals surface area contributed by atoms with Crippen molar-refractivity contribution in [1.29, 1.82) is 5.26 Å². The molecule has 25 heavy (non-hydrogen) atoms. The molecule has 1 aliphatic rings. The topological polar surface area (TPSA) is 65.7 Å². The molecule has 0 fully saturated rings. The van der Waals surface area contributed by atoms with Crippen LogP contribution in [0.4, 0.5) is 4.39 Å². The summed E-state index contributed by atoms with van der Waals surface area (Å²) in [6.45, 7) is 2.02. The zero-order valence-corrected chi connectivity index (χ0v) is 13.7. The van der Waals surface area contributed by atoms with Crippen LogP contribution in [0.1, 0.15) is 11.1 Å². The van der Waals surface area contributed by atoms with E-state index in [1.54, 1.807) is 30.3 Å². The van der Waals surface area contributed by atoms with Gasteiger partial charge in [0.05, 0.1) is 11.6 Å². The lowest BCUT2D eigenvalue weighted by Crippen LogP contribution is -2.36. The van der Waals surface area contributed by atoms with Gasteiger partial charge < -0.3 is 14.6 Å². The standard InChI is InChI=1S/C19H19FN2O3/c20-18-3-1-2-15-11-22(8-9-24-19(15)18)12-16(23)13-25-17-6-4-14(10-21)5-7-17/h1-7,16,23H,8-9,11-13H2. The van der Waals surface area contributed by atoms with Crippen LogP contribution in [0.15, 0.2) is 42.5 Å². The number of β-amino-alcohol motifs (C(OH)–C–C–N with tert-alkyl or cyclic N) is 1. The molecular formula is C19H19FN2O3. The summed E-state index contributed by atoms with van der Waals surface area (Å²) in [5, 5.41) is 19.0. The third kappa shape index (κ3) is 4.47. The van der Waals surface area contributed by atoms with Crippen molar-refractivity contribution < 1.29 is 19.0 Å². The molecule has 1 unspecified atom stereocenters. The summed E-state index contributed by atoms with van der Waals surface area (Å²) in [5.74, 6) is 0.544. The Morgan fingerprint density at radius 2 is 2.08 bits per heavy atom. The summed E-state index contributed by atoms with van der Waals surface area (Å²) in [5.41, 5.74) is 1.33. The largest absolute Gasteiger partial charge is 0.491 e. The van der Waals surface area contributed by atoms with E-state index < -0.39 is 6.10 Å². The van der Waals surface area contributed by atoms with Crippen LogP contribution in [-0.4, -0.2) is 42.4 Å². The summed E-state index contributed by atoms with van der Waals surface area (Å²) < 4.78 is 24.8. The predicted octanol–water partition coefficient (Wildman–Crippen LogP) is 2.33. The summed E-state index contributed by atoms with van der Waals surface area (Å²) >= 11 is 0. The zero-order chi connectivity index (χ0) is 17.6. The van der Waals surface area contributed by atoms with Crippen molar-refractivity contribution in [2.45, 2.75) is 12.6 Å². The average molecular weight is 342 g/mol. The minimum atomic E-state index is -0.689. The highest BCUT2D eigenvalue weighted by atomic mass is 19.1. The monoisotopic (exact) mass is 342 g/mol. The van der Waals surface area contributed by atoms with Crippen molar-refractivity contribution in [3.05, 3.63) is 59.4 Å². The van der Waals surface area contributed by atoms with Gasteiger partial charge in [-0.05, 0) is 30.3 Å². The van der Waals surface area contributed by atoms with E-state index in [-0.39, 0.29) is 12.4 Å². The molecule has 0 aromatic heterocycles. The van der Waals surface area contributed by atoms with Gasteiger partial charge in [-0.3, -0.25) is 4.90 Å². The lowest BCUT2D eigenvalue weighted by molar-refractivity contribution is 0.0637. The van der Waals surface area contributed by atoms with Crippen LogP contribution in [0.25, 0.3) is 0 Å². The first-order valence-electron chi connectivity index (χ1n) is 8.09. The first-order chi connectivity index (χ1) is 12.2. The lowest BCUT2D eigenvalue weighted by atomic mass is 10.2. The third-order valence-electron chi connectivity index (χ3n) is 3.99. The summed E-state index contributed by atoms with van der Waals surface area (Å²) in [6, 6.07) is 13.6. The molecule has 0 radical (unpaired) electrons. The average Bonchev–Trinajstić information content (AvgIpc) is 2.83. The maximum absolute atomic E-state index is 13.8. The van der Waals surface area contributed by atoms with Crippen LogP contribution in [0.2, 0.25) is 0 Å². The number of para-hydroxylation sites is 1. The molecule has 5 nitrogen and oxygen atoms in total. The number of benzene rings is 2. The molecule has 0 bridgehead atoms. The Kier molecular flexibility index (Phi) is 5.49. The molecule has 2 aromatic rings. The van der Waals surface area contributed by atoms with Crippen LogP contribution in [0.5, 0.6) is 11.5 Å². The number of aliphatic hydroxyl groups is 1. The molecule has 1 aliphatic heterocycles. The molecule has 6 heteroatoms. The molecule has 0 spiro atoms. The van der Waals surface area contributed by atoms with E-state index in [0.29, 0.717) is 43.3 Å². The Hall–Kier alpha value is -2.62. The molecular weight excluding hydrogens is 323 g/mol. The summed E-state index contributed by atoms with van der Waals surface area (Å²) in [7, 11) is 0. The third-order valence-corrected chi connectivity index (χ3v) is 3.99. The van der Waals surface area contributed by atoms with Crippen molar-refractivity contribution in [1.82, 2.24) is 4.90 Å². The van der Waals surface area contributed by atoms with Gasteiger partial charge in [-0.15, -0.1) is 0 Å². The first kappa shape index (κ1) is 17.2. The van der Waals surface area contributed by atoms with Crippen molar-refractivity contribution in [2.24, 2.45) is 0 Å². The van der Waals surface area contributed by atoms with Gasteiger partial charge in [0.2, 0.25) is 0 Å². The van der Waals surface area contributed by atoms with E-state index in [9.17, 15) is 9.50 Å². The molecule has 0 saturated heterocycles. The van der Waals surface area contributed by atoms with Crippen LogP contribution in [0.3, 0.4) is 0 Å². The Morgan fingerprint density at radius 3 is 2.84 bits per heavy atom. The van der Waals surface area contributed by atoms with E-state index in [0.717, 1.165) is 5.56 Å². The number of hydrogen-bond acceptors (Lipinski definition) is 5. The maximum atomic E-state index is 13.8. The zero-order valence-electron chi connectivity index (χ0n) is 13.7. The second-order valence-electron chi connectivity index (χ2n) is 5.91. The van der Waals surface area contributed by atoms with Crippen molar-refractivity contribution in [2.75, 3.05) is 26.3 Å². The molecule has 130 valence electrons.